The Morgan fingerprint density at radius 3 is 2.82 bits per heavy atom. The molecule has 2 aliphatic rings. The molecule has 1 amide bonds. The number of hydrogen-bond donors (Lipinski definition) is 0. The monoisotopic (exact) mass is 309 g/mol. The molecule has 2 atom stereocenters. The highest BCUT2D eigenvalue weighted by Gasteiger charge is 2.42. The Hall–Kier alpha value is -1.36. The Labute approximate surface area is 132 Å². The molecule has 0 radical (unpaired) electrons. The fraction of sp³-hybridized carbons (Fsp3) is 0.765. The fourth-order valence-corrected chi connectivity index (χ4v) is 2.94. The van der Waals surface area contributed by atoms with Crippen LogP contribution < -0.4 is 0 Å². The molecule has 5 nitrogen and oxygen atoms in total. The second-order valence-corrected chi connectivity index (χ2v) is 7.52. The predicted octanol–water partition coefficient (Wildman–Crippen LogP) is 2.94. The zero-order valence-electron chi connectivity index (χ0n) is 14.1. The van der Waals surface area contributed by atoms with E-state index in [1.54, 1.807) is 17.1 Å². The molecule has 0 bridgehead atoms. The average molecular weight is 309 g/mol. The van der Waals surface area contributed by atoms with Crippen molar-refractivity contribution in [3.05, 3.63) is 12.2 Å². The van der Waals surface area contributed by atoms with Crippen LogP contribution in [0.4, 0.5) is 4.79 Å². The molecule has 2 heterocycles. The Balaban J connectivity index is 2.05. The lowest BCUT2D eigenvalue weighted by Crippen LogP contribution is -2.53. The maximum absolute atomic E-state index is 12.2. The van der Waals surface area contributed by atoms with Crippen molar-refractivity contribution < 1.29 is 19.1 Å². The highest BCUT2D eigenvalue weighted by atomic mass is 16.6. The van der Waals surface area contributed by atoms with Crippen molar-refractivity contribution in [3.8, 4) is 0 Å². The third kappa shape index (κ3) is 4.32. The number of nitrogens with zero attached hydrogens (tertiary/aromatic N) is 1. The van der Waals surface area contributed by atoms with Gasteiger partial charge in [0, 0.05) is 13.0 Å². The molecule has 2 rings (SSSR count). The molecule has 0 aliphatic carbocycles. The summed E-state index contributed by atoms with van der Waals surface area (Å²) < 4.78 is 11.4. The van der Waals surface area contributed by atoms with Crippen LogP contribution in [0.15, 0.2) is 12.2 Å². The van der Waals surface area contributed by atoms with Crippen LogP contribution in [-0.4, -0.2) is 48.2 Å². The number of amides is 1. The number of fused-ring (bicyclic) bond motifs is 1. The van der Waals surface area contributed by atoms with Crippen LogP contribution in [0.2, 0.25) is 0 Å². The standard InChI is InChI=1S/C17H27NO4/c1-16(2,3)22-15(20)18-10-9-17(4)8-7-13(19)6-5-11-21-14(17)12-18/h5-6,14H,7-12H2,1-4H3/b6-5-. The number of hydrogen-bond acceptors (Lipinski definition) is 4. The van der Waals surface area contributed by atoms with Gasteiger partial charge in [-0.2, -0.15) is 0 Å². The third-order valence-corrected chi connectivity index (χ3v) is 4.41. The molecule has 2 unspecified atom stereocenters. The fourth-order valence-electron chi connectivity index (χ4n) is 2.94. The molecule has 0 spiro atoms. The number of rotatable bonds is 0. The van der Waals surface area contributed by atoms with Gasteiger partial charge in [-0.1, -0.05) is 13.0 Å². The summed E-state index contributed by atoms with van der Waals surface area (Å²) in [6.45, 7) is 9.33. The molecular formula is C17H27NO4. The van der Waals surface area contributed by atoms with Crippen molar-refractivity contribution in [1.82, 2.24) is 4.90 Å². The number of piperidine rings is 1. The molecule has 1 fully saturated rings. The average Bonchev–Trinajstić information content (AvgIpc) is 2.47. The third-order valence-electron chi connectivity index (χ3n) is 4.41. The van der Waals surface area contributed by atoms with E-state index in [1.165, 1.54) is 0 Å². The topological polar surface area (TPSA) is 55.8 Å². The maximum atomic E-state index is 12.2. The molecular weight excluding hydrogens is 282 g/mol. The highest BCUT2D eigenvalue weighted by Crippen LogP contribution is 2.38. The van der Waals surface area contributed by atoms with Gasteiger partial charge in [0.25, 0.3) is 0 Å². The highest BCUT2D eigenvalue weighted by molar-refractivity contribution is 5.89. The Kier molecular flexibility index (Phi) is 4.95. The molecule has 0 saturated carbocycles. The van der Waals surface area contributed by atoms with Crippen LogP contribution in [-0.2, 0) is 14.3 Å². The summed E-state index contributed by atoms with van der Waals surface area (Å²) in [7, 11) is 0. The summed E-state index contributed by atoms with van der Waals surface area (Å²) in [6, 6.07) is 0. The molecule has 2 aliphatic heterocycles. The number of allylic oxidation sites excluding steroid dienone is 1. The zero-order valence-corrected chi connectivity index (χ0v) is 14.1. The Bertz CT molecular complexity index is 466. The first kappa shape index (κ1) is 17.0. The van der Waals surface area contributed by atoms with Crippen molar-refractivity contribution in [2.24, 2.45) is 5.41 Å². The summed E-state index contributed by atoms with van der Waals surface area (Å²) in [6.07, 6.45) is 5.17. The maximum Gasteiger partial charge on any atom is 0.410 e. The van der Waals surface area contributed by atoms with E-state index < -0.39 is 5.60 Å². The molecule has 0 N–H and O–H groups in total. The van der Waals surface area contributed by atoms with Crippen LogP contribution in [0.5, 0.6) is 0 Å². The smallest absolute Gasteiger partial charge is 0.410 e. The van der Waals surface area contributed by atoms with Crippen LogP contribution in [0.1, 0.15) is 47.0 Å². The molecule has 1 saturated heterocycles. The number of ether oxygens (including phenoxy) is 2. The van der Waals surface area contributed by atoms with E-state index in [4.69, 9.17) is 9.47 Å². The van der Waals surface area contributed by atoms with Gasteiger partial charge < -0.3 is 14.4 Å². The van der Waals surface area contributed by atoms with E-state index in [9.17, 15) is 9.59 Å². The normalized spacial score (nSPS) is 31.5. The van der Waals surface area contributed by atoms with Crippen molar-refractivity contribution in [2.75, 3.05) is 19.7 Å². The van der Waals surface area contributed by atoms with Gasteiger partial charge in [-0.05, 0) is 45.1 Å². The minimum Gasteiger partial charge on any atom is -0.444 e. The van der Waals surface area contributed by atoms with E-state index in [0.717, 1.165) is 12.8 Å². The van der Waals surface area contributed by atoms with Crippen LogP contribution >= 0.6 is 0 Å². The second kappa shape index (κ2) is 6.41. The van der Waals surface area contributed by atoms with Gasteiger partial charge in [0.05, 0.1) is 19.3 Å². The summed E-state index contributed by atoms with van der Waals surface area (Å²) in [5, 5.41) is 0. The molecule has 22 heavy (non-hydrogen) atoms. The first-order chi connectivity index (χ1) is 10.2. The molecule has 0 aromatic carbocycles. The van der Waals surface area contributed by atoms with Gasteiger partial charge in [0.1, 0.15) is 5.60 Å². The van der Waals surface area contributed by atoms with Gasteiger partial charge in [-0.3, -0.25) is 4.79 Å². The largest absolute Gasteiger partial charge is 0.444 e. The van der Waals surface area contributed by atoms with Crippen molar-refractivity contribution in [1.29, 1.82) is 0 Å². The van der Waals surface area contributed by atoms with Crippen LogP contribution in [0, 0.1) is 5.41 Å². The predicted molar refractivity (Wildman–Crippen MR) is 83.7 cm³/mol. The van der Waals surface area contributed by atoms with E-state index >= 15 is 0 Å². The number of carbonyl (C=O) groups excluding carboxylic acids is 2. The van der Waals surface area contributed by atoms with Crippen LogP contribution in [0.25, 0.3) is 0 Å². The quantitative estimate of drug-likeness (QED) is 0.690. The van der Waals surface area contributed by atoms with E-state index in [1.807, 2.05) is 20.8 Å². The first-order valence-corrected chi connectivity index (χ1v) is 7.98. The lowest BCUT2D eigenvalue weighted by Gasteiger charge is -2.45. The van der Waals surface area contributed by atoms with Gasteiger partial charge in [0.15, 0.2) is 5.78 Å². The second-order valence-electron chi connectivity index (χ2n) is 7.52. The number of ketones is 1. The first-order valence-electron chi connectivity index (χ1n) is 7.98. The van der Waals surface area contributed by atoms with Crippen molar-refractivity contribution >= 4 is 11.9 Å². The molecule has 124 valence electrons. The van der Waals surface area contributed by atoms with E-state index in [2.05, 4.69) is 6.92 Å². The Morgan fingerprint density at radius 1 is 1.41 bits per heavy atom. The molecule has 0 aromatic rings. The minimum atomic E-state index is -0.494. The van der Waals surface area contributed by atoms with E-state index in [-0.39, 0.29) is 23.4 Å². The van der Waals surface area contributed by atoms with Gasteiger partial charge >= 0.3 is 6.09 Å². The summed E-state index contributed by atoms with van der Waals surface area (Å²) in [4.78, 5) is 25.7. The summed E-state index contributed by atoms with van der Waals surface area (Å²) in [5.41, 5.74) is -0.563. The molecule has 5 heteroatoms. The SMILES string of the molecule is CC(C)(C)OC(=O)N1CCC2(C)CCC(=O)/C=C\COC2C1. The van der Waals surface area contributed by atoms with Crippen molar-refractivity contribution in [2.45, 2.75) is 58.7 Å². The van der Waals surface area contributed by atoms with E-state index in [0.29, 0.717) is 26.1 Å². The van der Waals surface area contributed by atoms with Gasteiger partial charge in [0.2, 0.25) is 0 Å². The van der Waals surface area contributed by atoms with Gasteiger partial charge in [-0.15, -0.1) is 0 Å². The number of carbonyl (C=O) groups is 2. The van der Waals surface area contributed by atoms with Gasteiger partial charge in [-0.25, -0.2) is 4.79 Å². The van der Waals surface area contributed by atoms with Crippen molar-refractivity contribution in [3.63, 3.8) is 0 Å². The lowest BCUT2D eigenvalue weighted by molar-refractivity contribution is -0.116. The van der Waals surface area contributed by atoms with Crippen LogP contribution in [0.3, 0.4) is 0 Å². The minimum absolute atomic E-state index is 0.0654. The lowest BCUT2D eigenvalue weighted by atomic mass is 9.74. The zero-order chi connectivity index (χ0) is 16.4. The number of likely N-dealkylation sites (tertiary alicyclic amines) is 1. The Morgan fingerprint density at radius 2 is 2.14 bits per heavy atom. The summed E-state index contributed by atoms with van der Waals surface area (Å²) >= 11 is 0. The molecule has 0 aromatic heterocycles. The summed E-state index contributed by atoms with van der Waals surface area (Å²) in [5.74, 6) is 0.153.